The van der Waals surface area contributed by atoms with Gasteiger partial charge in [-0.05, 0) is 112 Å². The average Bonchev–Trinajstić information content (AvgIpc) is 3.20. The van der Waals surface area contributed by atoms with E-state index in [1.54, 1.807) is 0 Å². The first kappa shape index (κ1) is 28.7. The zero-order valence-corrected chi connectivity index (χ0v) is 27.6. The third-order valence-electron chi connectivity index (χ3n) is 10.8. The first-order valence-electron chi connectivity index (χ1n) is 17.6. The van der Waals surface area contributed by atoms with E-state index in [4.69, 9.17) is 0 Å². The monoisotopic (exact) mass is 634 g/mol. The molecule has 0 radical (unpaired) electrons. The molecule has 0 saturated carbocycles. The molecule has 50 heavy (non-hydrogen) atoms. The zero-order valence-electron chi connectivity index (χ0n) is 27.6. The van der Waals surface area contributed by atoms with E-state index in [0.29, 0.717) is 0 Å². The van der Waals surface area contributed by atoms with Gasteiger partial charge in [-0.25, -0.2) is 0 Å². The molecule has 8 aromatic rings. The van der Waals surface area contributed by atoms with Crippen LogP contribution in [0.4, 0.5) is 0 Å². The molecule has 10 rings (SSSR count). The summed E-state index contributed by atoms with van der Waals surface area (Å²) in [7, 11) is 0. The van der Waals surface area contributed by atoms with Gasteiger partial charge in [0.1, 0.15) is 0 Å². The lowest BCUT2D eigenvalue weighted by molar-refractivity contribution is 0.714. The zero-order chi connectivity index (χ0) is 33.0. The Morgan fingerprint density at radius 3 is 1.92 bits per heavy atom. The Balaban J connectivity index is 1.27. The van der Waals surface area contributed by atoms with Crippen LogP contribution in [0.2, 0.25) is 0 Å². The van der Waals surface area contributed by atoms with Gasteiger partial charge in [-0.3, -0.25) is 0 Å². The minimum Gasteiger partial charge on any atom is -0.0755 e. The van der Waals surface area contributed by atoms with Crippen molar-refractivity contribution in [2.24, 2.45) is 5.92 Å². The molecule has 2 atom stereocenters. The van der Waals surface area contributed by atoms with Crippen LogP contribution in [-0.4, -0.2) is 0 Å². The van der Waals surface area contributed by atoms with E-state index in [9.17, 15) is 0 Å². The van der Waals surface area contributed by atoms with Crippen molar-refractivity contribution in [2.75, 3.05) is 0 Å². The Morgan fingerprint density at radius 2 is 1.08 bits per heavy atom. The van der Waals surface area contributed by atoms with Crippen molar-refractivity contribution >= 4 is 49.5 Å². The highest BCUT2D eigenvalue weighted by Crippen LogP contribution is 2.52. The molecule has 0 N–H and O–H groups in total. The summed E-state index contributed by atoms with van der Waals surface area (Å²) < 4.78 is 0. The Hall–Kier alpha value is -6.24. The first-order chi connectivity index (χ1) is 24.8. The molecule has 0 aromatic heterocycles. The summed E-state index contributed by atoms with van der Waals surface area (Å²) in [6, 6.07) is 62.4. The SMILES string of the molecule is C1=CC2c3cc(-c4ccc5ccccc5c4)c4cc(-c5ccccc5)ccc4c3C=C(c3cccc4ccccc34)C2C=C1c1ccccc1. The Labute approximate surface area is 293 Å². The number of hydrogen-bond acceptors (Lipinski definition) is 0. The van der Waals surface area contributed by atoms with Crippen LogP contribution >= 0.6 is 0 Å². The molecule has 2 aliphatic carbocycles. The largest absolute Gasteiger partial charge is 0.0755 e. The van der Waals surface area contributed by atoms with Crippen molar-refractivity contribution in [3.05, 3.63) is 210 Å². The molecule has 8 aromatic carbocycles. The van der Waals surface area contributed by atoms with E-state index in [1.165, 1.54) is 88.0 Å². The molecule has 234 valence electrons. The maximum atomic E-state index is 2.52. The summed E-state index contributed by atoms with van der Waals surface area (Å²) in [5.41, 5.74) is 13.0. The van der Waals surface area contributed by atoms with Gasteiger partial charge in [-0.1, -0.05) is 170 Å². The van der Waals surface area contributed by atoms with Gasteiger partial charge >= 0.3 is 0 Å². The fraction of sp³-hybridized carbons (Fsp3) is 0.0400. The van der Waals surface area contributed by atoms with E-state index in [-0.39, 0.29) is 11.8 Å². The Kier molecular flexibility index (Phi) is 6.74. The van der Waals surface area contributed by atoms with Crippen LogP contribution in [0.3, 0.4) is 0 Å². The van der Waals surface area contributed by atoms with Gasteiger partial charge in [0.25, 0.3) is 0 Å². The van der Waals surface area contributed by atoms with Crippen LogP contribution in [0, 0.1) is 5.92 Å². The summed E-state index contributed by atoms with van der Waals surface area (Å²) in [6.07, 6.45) is 9.86. The third-order valence-corrected chi connectivity index (χ3v) is 10.8. The van der Waals surface area contributed by atoms with E-state index in [1.807, 2.05) is 0 Å². The molecule has 0 saturated heterocycles. The standard InChI is InChI=1S/C50H34/c1-3-12-33(13-4-1)38-24-26-43-46(29-38)45(40-23-22-35-16-7-8-18-37(35)28-40)31-48-44-27-25-39(34-14-5-2-6-15-34)30-47(44)49(32-50(43)48)42-21-11-19-36-17-9-10-20-41(36)42/h1-32,44,47H. The van der Waals surface area contributed by atoms with Gasteiger partial charge in [-0.15, -0.1) is 0 Å². The average molecular weight is 635 g/mol. The highest BCUT2D eigenvalue weighted by Gasteiger charge is 2.34. The van der Waals surface area contributed by atoms with Crippen LogP contribution < -0.4 is 0 Å². The molecule has 0 nitrogen and oxygen atoms in total. The predicted molar refractivity (Wildman–Crippen MR) is 214 cm³/mol. The predicted octanol–water partition coefficient (Wildman–Crippen LogP) is 13.4. The van der Waals surface area contributed by atoms with Gasteiger partial charge < -0.3 is 0 Å². The number of benzene rings is 8. The molecule has 2 aliphatic rings. The van der Waals surface area contributed by atoms with Crippen molar-refractivity contribution in [1.29, 1.82) is 0 Å². The summed E-state index contributed by atoms with van der Waals surface area (Å²) in [6.45, 7) is 0. The second-order valence-corrected chi connectivity index (χ2v) is 13.6. The van der Waals surface area contributed by atoms with Gasteiger partial charge in [-0.2, -0.15) is 0 Å². The number of fused-ring (bicyclic) bond motifs is 7. The Bertz CT molecular complexity index is 2680. The van der Waals surface area contributed by atoms with Crippen LogP contribution in [0.1, 0.15) is 28.2 Å². The maximum absolute atomic E-state index is 2.52. The topological polar surface area (TPSA) is 0 Å². The van der Waals surface area contributed by atoms with E-state index in [0.717, 1.165) is 0 Å². The molecule has 0 bridgehead atoms. The summed E-state index contributed by atoms with van der Waals surface area (Å²) in [4.78, 5) is 0. The molecule has 2 unspecified atom stereocenters. The molecule has 0 fully saturated rings. The lowest BCUT2D eigenvalue weighted by Crippen LogP contribution is -2.19. The van der Waals surface area contributed by atoms with Crippen molar-refractivity contribution in [3.8, 4) is 22.3 Å². The fourth-order valence-corrected chi connectivity index (χ4v) is 8.38. The highest BCUT2D eigenvalue weighted by molar-refractivity contribution is 6.10. The fourth-order valence-electron chi connectivity index (χ4n) is 8.38. The van der Waals surface area contributed by atoms with E-state index in [2.05, 4.69) is 194 Å². The van der Waals surface area contributed by atoms with Gasteiger partial charge in [0.15, 0.2) is 0 Å². The number of rotatable bonds is 4. The van der Waals surface area contributed by atoms with Gasteiger partial charge in [0.2, 0.25) is 0 Å². The first-order valence-corrected chi connectivity index (χ1v) is 17.6. The minimum atomic E-state index is 0.194. The second kappa shape index (κ2) is 11.7. The summed E-state index contributed by atoms with van der Waals surface area (Å²) >= 11 is 0. The smallest absolute Gasteiger partial charge is 0.0137 e. The number of hydrogen-bond donors (Lipinski definition) is 0. The Morgan fingerprint density at radius 1 is 0.380 bits per heavy atom. The molecule has 0 heteroatoms. The molecule has 0 amide bonds. The lowest BCUT2D eigenvalue weighted by atomic mass is 9.68. The molecular formula is C50H34. The van der Waals surface area contributed by atoms with Crippen LogP contribution in [0.25, 0.3) is 71.8 Å². The summed E-state index contributed by atoms with van der Waals surface area (Å²) in [5.74, 6) is 0.396. The van der Waals surface area contributed by atoms with E-state index >= 15 is 0 Å². The maximum Gasteiger partial charge on any atom is 0.0137 e. The van der Waals surface area contributed by atoms with Crippen LogP contribution in [0.15, 0.2) is 188 Å². The van der Waals surface area contributed by atoms with Crippen molar-refractivity contribution in [2.45, 2.75) is 5.92 Å². The lowest BCUT2D eigenvalue weighted by Gasteiger charge is -2.35. The molecule has 0 spiro atoms. The second-order valence-electron chi connectivity index (χ2n) is 13.6. The van der Waals surface area contributed by atoms with Crippen molar-refractivity contribution < 1.29 is 0 Å². The molecular weight excluding hydrogens is 601 g/mol. The molecule has 0 aliphatic heterocycles. The normalized spacial score (nSPS) is 16.6. The summed E-state index contributed by atoms with van der Waals surface area (Å²) in [5, 5.41) is 7.69. The highest BCUT2D eigenvalue weighted by atomic mass is 14.4. The number of allylic oxidation sites excluding steroid dienone is 5. The van der Waals surface area contributed by atoms with Crippen molar-refractivity contribution in [3.63, 3.8) is 0 Å². The molecule has 0 heterocycles. The van der Waals surface area contributed by atoms with Crippen LogP contribution in [0.5, 0.6) is 0 Å². The quantitative estimate of drug-likeness (QED) is 0.181. The van der Waals surface area contributed by atoms with E-state index < -0.39 is 0 Å². The third kappa shape index (κ3) is 4.76. The minimum absolute atomic E-state index is 0.194. The van der Waals surface area contributed by atoms with Gasteiger partial charge in [0, 0.05) is 11.8 Å². The van der Waals surface area contributed by atoms with Crippen LogP contribution in [-0.2, 0) is 0 Å². The van der Waals surface area contributed by atoms with Gasteiger partial charge in [0.05, 0.1) is 0 Å². The van der Waals surface area contributed by atoms with Crippen molar-refractivity contribution in [1.82, 2.24) is 0 Å².